The van der Waals surface area contributed by atoms with Crippen LogP contribution in [0.5, 0.6) is 0 Å². The van der Waals surface area contributed by atoms with Crippen LogP contribution in [0.2, 0.25) is 0 Å². The Kier molecular flexibility index (Phi) is 7.68. The number of hydrogen-bond donors (Lipinski definition) is 2. The van der Waals surface area contributed by atoms with Gasteiger partial charge in [0.1, 0.15) is 0 Å². The zero-order valence-corrected chi connectivity index (χ0v) is 20.4. The van der Waals surface area contributed by atoms with E-state index in [0.717, 1.165) is 0 Å². The normalized spacial score (nSPS) is 11.8. The zero-order chi connectivity index (χ0) is 22.5. The van der Waals surface area contributed by atoms with Crippen LogP contribution in [-0.2, 0) is 6.54 Å². The number of halogens is 1. The predicted molar refractivity (Wildman–Crippen MR) is 111 cm³/mol. The van der Waals surface area contributed by atoms with Crippen LogP contribution < -0.4 is 32.1 Å². The second-order valence-electron chi connectivity index (χ2n) is 8.80. The van der Waals surface area contributed by atoms with Crippen LogP contribution in [0, 0.1) is 0 Å². The van der Waals surface area contributed by atoms with Crippen molar-refractivity contribution in [3.8, 4) is 0 Å². The van der Waals surface area contributed by atoms with E-state index in [4.69, 9.17) is 4.42 Å². The second kappa shape index (κ2) is 9.63. The van der Waals surface area contributed by atoms with Gasteiger partial charge >= 0.3 is 188 Å². The Morgan fingerprint density at radius 3 is 2.13 bits per heavy atom. The summed E-state index contributed by atoms with van der Waals surface area (Å²) in [5, 5.41) is 5.70. The summed E-state index contributed by atoms with van der Waals surface area (Å²) in [7, 11) is 0. The third-order valence-electron chi connectivity index (χ3n) is 3.81. The van der Waals surface area contributed by atoms with Crippen LogP contribution in [0.4, 0.5) is 4.79 Å². The maximum absolute atomic E-state index is 13.4. The van der Waals surface area contributed by atoms with E-state index >= 15 is 0 Å². The number of nitrogens with zero attached hydrogens (tertiary/aromatic N) is 1. The molecule has 0 radical (unpaired) electrons. The molecule has 1 aromatic carbocycles. The molecule has 2 aromatic rings. The Morgan fingerprint density at radius 2 is 1.60 bits per heavy atom. The zero-order valence-electron chi connectivity index (χ0n) is 18.2. The Bertz CT molecular complexity index is 896. The fraction of sp³-hybridized carbons (Fsp3) is 0.409. The Morgan fingerprint density at radius 1 is 0.967 bits per heavy atom. The number of benzene rings is 1. The molecule has 1 heterocycles. The van der Waals surface area contributed by atoms with Crippen LogP contribution in [0.1, 0.15) is 68.0 Å². The van der Waals surface area contributed by atoms with Crippen molar-refractivity contribution < 1.29 is 40.3 Å². The SMILES string of the molecule is CC(C)(C)NC(=O)[I-]N(C(=O)c1ccccc1C(=O)NCc1ccco1)C(C)(C)C. The summed E-state index contributed by atoms with van der Waals surface area (Å²) in [6.07, 6.45) is 1.53. The molecule has 0 bridgehead atoms. The third-order valence-corrected chi connectivity index (χ3v) is 6.88. The molecule has 0 aliphatic carbocycles. The summed E-state index contributed by atoms with van der Waals surface area (Å²) in [5.41, 5.74) is -0.416. The summed E-state index contributed by atoms with van der Waals surface area (Å²) in [4.78, 5) is 38.7. The van der Waals surface area contributed by atoms with Crippen molar-refractivity contribution in [1.82, 2.24) is 13.7 Å². The number of hydrogen-bond acceptors (Lipinski definition) is 4. The van der Waals surface area contributed by atoms with E-state index in [-0.39, 0.29) is 38.9 Å². The van der Waals surface area contributed by atoms with Gasteiger partial charge in [-0.2, -0.15) is 0 Å². The average molecular weight is 526 g/mol. The molecule has 3 amide bonds. The van der Waals surface area contributed by atoms with E-state index < -0.39 is 27.0 Å². The first-order valence-electron chi connectivity index (χ1n) is 9.60. The van der Waals surface area contributed by atoms with Gasteiger partial charge in [-0.05, 0) is 0 Å². The molecule has 0 fully saturated rings. The summed E-state index contributed by atoms with van der Waals surface area (Å²) in [5.74, 6) is -0.0853. The summed E-state index contributed by atoms with van der Waals surface area (Å²) in [6.45, 7) is 11.6. The first-order chi connectivity index (χ1) is 13.9. The van der Waals surface area contributed by atoms with Gasteiger partial charge in [0, 0.05) is 0 Å². The molecule has 30 heavy (non-hydrogen) atoms. The van der Waals surface area contributed by atoms with Gasteiger partial charge in [0.2, 0.25) is 0 Å². The van der Waals surface area contributed by atoms with Crippen LogP contribution in [-0.4, -0.2) is 29.9 Å². The molecule has 0 aliphatic heterocycles. The number of amides is 3. The monoisotopic (exact) mass is 526 g/mol. The molecule has 7 nitrogen and oxygen atoms in total. The van der Waals surface area contributed by atoms with E-state index in [2.05, 4.69) is 10.6 Å². The van der Waals surface area contributed by atoms with Gasteiger partial charge in [0.25, 0.3) is 0 Å². The molecule has 8 heteroatoms. The van der Waals surface area contributed by atoms with Crippen molar-refractivity contribution in [3.05, 3.63) is 59.5 Å². The van der Waals surface area contributed by atoms with Gasteiger partial charge in [-0.1, -0.05) is 0 Å². The quantitative estimate of drug-likeness (QED) is 0.254. The molecule has 1 aromatic heterocycles. The first kappa shape index (κ1) is 23.9. The van der Waals surface area contributed by atoms with Gasteiger partial charge in [-0.3, -0.25) is 0 Å². The summed E-state index contributed by atoms with van der Waals surface area (Å²) >= 11 is -1.31. The molecular weight excluding hydrogens is 497 g/mol. The number of nitrogens with one attached hydrogen (secondary N) is 2. The van der Waals surface area contributed by atoms with Gasteiger partial charge in [-0.25, -0.2) is 0 Å². The van der Waals surface area contributed by atoms with Crippen molar-refractivity contribution in [3.63, 3.8) is 0 Å². The number of rotatable bonds is 6. The topological polar surface area (TPSA) is 91.7 Å². The number of carbonyl (C=O) groups excluding carboxylic acids is 3. The minimum atomic E-state index is -1.31. The van der Waals surface area contributed by atoms with Gasteiger partial charge in [0.15, 0.2) is 0 Å². The standard InChI is InChI=1S/C22H29IN3O4/c1-21(2,3)25-20(29)23-26(22(4,5)6)19(28)17-12-8-7-11-16(17)18(27)24-14-15-10-9-13-30-15/h7-13H,14H2,1-6H3,(H,24,27)(H,25,29)/q-1. The first-order valence-corrected chi connectivity index (χ1v) is 11.6. The van der Waals surface area contributed by atoms with Crippen LogP contribution in [0.15, 0.2) is 47.1 Å². The Balaban J connectivity index is 2.25. The van der Waals surface area contributed by atoms with Crippen LogP contribution in [0.25, 0.3) is 0 Å². The molecule has 2 rings (SSSR count). The van der Waals surface area contributed by atoms with Gasteiger partial charge in [0.05, 0.1) is 0 Å². The Hall–Kier alpha value is -2.36. The molecule has 164 valence electrons. The van der Waals surface area contributed by atoms with Crippen LogP contribution in [0.3, 0.4) is 0 Å². The molecule has 0 atom stereocenters. The van der Waals surface area contributed by atoms with E-state index in [1.165, 1.54) is 6.26 Å². The molecule has 2 N–H and O–H groups in total. The van der Waals surface area contributed by atoms with Crippen molar-refractivity contribution in [2.75, 3.05) is 0 Å². The fourth-order valence-corrected chi connectivity index (χ4v) is 5.08. The van der Waals surface area contributed by atoms with E-state index in [1.807, 2.05) is 41.5 Å². The molecule has 0 aliphatic rings. The van der Waals surface area contributed by atoms with Crippen molar-refractivity contribution in [2.24, 2.45) is 0 Å². The van der Waals surface area contributed by atoms with E-state index in [9.17, 15) is 14.4 Å². The van der Waals surface area contributed by atoms with E-state index in [1.54, 1.807) is 39.5 Å². The van der Waals surface area contributed by atoms with Crippen molar-refractivity contribution in [2.45, 2.75) is 59.2 Å². The minimum absolute atomic E-state index is 0.149. The molecule has 0 spiro atoms. The molecular formula is C22H29IN3O4-. The summed E-state index contributed by atoms with van der Waals surface area (Å²) in [6, 6.07) is 10.2. The fourth-order valence-electron chi connectivity index (χ4n) is 2.51. The number of carbonyl (C=O) groups is 3. The van der Waals surface area contributed by atoms with Crippen molar-refractivity contribution >= 4 is 15.7 Å². The van der Waals surface area contributed by atoms with Gasteiger partial charge in [-0.15, -0.1) is 0 Å². The second-order valence-corrected chi connectivity index (χ2v) is 11.2. The molecule has 0 saturated heterocycles. The molecule has 0 unspecified atom stereocenters. The average Bonchev–Trinajstić information content (AvgIpc) is 3.15. The Labute approximate surface area is 188 Å². The van der Waals surface area contributed by atoms with E-state index in [0.29, 0.717) is 5.76 Å². The van der Waals surface area contributed by atoms with Gasteiger partial charge < -0.3 is 0 Å². The third kappa shape index (κ3) is 6.86. The van der Waals surface area contributed by atoms with Crippen molar-refractivity contribution in [1.29, 1.82) is 0 Å². The maximum atomic E-state index is 13.4. The predicted octanol–water partition coefficient (Wildman–Crippen LogP) is 0.962. The summed E-state index contributed by atoms with van der Waals surface area (Å²) < 4.78 is 6.67. The molecule has 0 saturated carbocycles. The number of furan rings is 1. The van der Waals surface area contributed by atoms with Crippen LogP contribution >= 0.6 is 0 Å².